The van der Waals surface area contributed by atoms with E-state index in [-0.39, 0.29) is 16.9 Å². The molecule has 0 aliphatic carbocycles. The van der Waals surface area contributed by atoms with Crippen LogP contribution in [0.1, 0.15) is 38.3 Å². The molecule has 1 unspecified atom stereocenters. The standard InChI is InChI=1S/C16H23N3O2S/c1-13(2)19-12-16(10-17-19)22(20,21)18(4)11-14(3)15-8-6-5-7-9-15/h5-10,12-14H,11H2,1-4H3. The highest BCUT2D eigenvalue weighted by Gasteiger charge is 2.24. The number of aromatic nitrogens is 2. The van der Waals surface area contributed by atoms with Gasteiger partial charge < -0.3 is 0 Å². The van der Waals surface area contributed by atoms with Gasteiger partial charge in [0.2, 0.25) is 10.0 Å². The van der Waals surface area contributed by atoms with Gasteiger partial charge >= 0.3 is 0 Å². The predicted molar refractivity (Wildman–Crippen MR) is 87.3 cm³/mol. The van der Waals surface area contributed by atoms with Gasteiger partial charge in [0.25, 0.3) is 0 Å². The van der Waals surface area contributed by atoms with Gasteiger partial charge in [-0.25, -0.2) is 12.7 Å². The molecular weight excluding hydrogens is 298 g/mol. The Hall–Kier alpha value is -1.66. The van der Waals surface area contributed by atoms with E-state index in [1.165, 1.54) is 10.5 Å². The minimum Gasteiger partial charge on any atom is -0.269 e. The molecule has 1 atom stereocenters. The molecule has 1 heterocycles. The Balaban J connectivity index is 2.15. The molecule has 0 N–H and O–H groups in total. The topological polar surface area (TPSA) is 55.2 Å². The average Bonchev–Trinajstić information content (AvgIpc) is 2.98. The van der Waals surface area contributed by atoms with Gasteiger partial charge in [0.05, 0.1) is 6.20 Å². The van der Waals surface area contributed by atoms with Gasteiger partial charge in [-0.05, 0) is 25.3 Å². The lowest BCUT2D eigenvalue weighted by atomic mass is 10.0. The number of hydrogen-bond acceptors (Lipinski definition) is 3. The van der Waals surface area contributed by atoms with Gasteiger partial charge in [-0.3, -0.25) is 4.68 Å². The van der Waals surface area contributed by atoms with Crippen molar-refractivity contribution in [3.8, 4) is 0 Å². The Bertz CT molecular complexity index is 708. The zero-order valence-electron chi connectivity index (χ0n) is 13.5. The smallest absolute Gasteiger partial charge is 0.245 e. The fraction of sp³-hybridized carbons (Fsp3) is 0.438. The summed E-state index contributed by atoms with van der Waals surface area (Å²) in [6.45, 7) is 6.38. The number of rotatable bonds is 6. The minimum atomic E-state index is -3.50. The molecule has 1 aromatic carbocycles. The van der Waals surface area contributed by atoms with Crippen molar-refractivity contribution < 1.29 is 8.42 Å². The van der Waals surface area contributed by atoms with Crippen molar-refractivity contribution in [1.29, 1.82) is 0 Å². The summed E-state index contributed by atoms with van der Waals surface area (Å²) >= 11 is 0. The summed E-state index contributed by atoms with van der Waals surface area (Å²) in [5.74, 6) is 0.126. The number of sulfonamides is 1. The van der Waals surface area contributed by atoms with Gasteiger partial charge in [-0.1, -0.05) is 37.3 Å². The first kappa shape index (κ1) is 16.7. The van der Waals surface area contributed by atoms with E-state index < -0.39 is 10.0 Å². The van der Waals surface area contributed by atoms with Crippen molar-refractivity contribution in [2.45, 2.75) is 37.6 Å². The molecule has 120 valence electrons. The Morgan fingerprint density at radius 3 is 2.36 bits per heavy atom. The van der Waals surface area contributed by atoms with Crippen LogP contribution in [-0.2, 0) is 10.0 Å². The van der Waals surface area contributed by atoms with E-state index >= 15 is 0 Å². The summed E-state index contributed by atoms with van der Waals surface area (Å²) in [5, 5.41) is 4.11. The molecule has 22 heavy (non-hydrogen) atoms. The van der Waals surface area contributed by atoms with Crippen molar-refractivity contribution in [3.63, 3.8) is 0 Å². The first-order valence-electron chi connectivity index (χ1n) is 7.38. The average molecular weight is 321 g/mol. The Morgan fingerprint density at radius 2 is 1.82 bits per heavy atom. The fourth-order valence-electron chi connectivity index (χ4n) is 2.29. The van der Waals surface area contributed by atoms with Crippen LogP contribution in [-0.4, -0.2) is 36.1 Å². The molecule has 2 aromatic rings. The van der Waals surface area contributed by atoms with Gasteiger partial charge in [-0.15, -0.1) is 0 Å². The predicted octanol–water partition coefficient (Wildman–Crippen LogP) is 2.89. The van der Waals surface area contributed by atoms with Crippen LogP contribution in [0.2, 0.25) is 0 Å². The summed E-state index contributed by atoms with van der Waals surface area (Å²) in [5.41, 5.74) is 1.13. The van der Waals surface area contributed by atoms with E-state index in [1.54, 1.807) is 17.9 Å². The van der Waals surface area contributed by atoms with Gasteiger partial charge in [0.1, 0.15) is 4.90 Å². The van der Waals surface area contributed by atoms with Crippen LogP contribution >= 0.6 is 0 Å². The largest absolute Gasteiger partial charge is 0.269 e. The molecule has 0 amide bonds. The highest BCUT2D eigenvalue weighted by molar-refractivity contribution is 7.89. The zero-order valence-corrected chi connectivity index (χ0v) is 14.3. The molecule has 0 aliphatic rings. The molecule has 0 saturated heterocycles. The third-order valence-corrected chi connectivity index (χ3v) is 5.49. The summed E-state index contributed by atoms with van der Waals surface area (Å²) in [6, 6.07) is 10.1. The molecular formula is C16H23N3O2S. The van der Waals surface area contributed by atoms with E-state index in [0.717, 1.165) is 5.56 Å². The zero-order chi connectivity index (χ0) is 16.3. The van der Waals surface area contributed by atoms with E-state index in [4.69, 9.17) is 0 Å². The Labute approximate surface area is 132 Å². The molecule has 6 heteroatoms. The van der Waals surface area contributed by atoms with Crippen LogP contribution in [0.25, 0.3) is 0 Å². The minimum absolute atomic E-state index is 0.126. The first-order valence-corrected chi connectivity index (χ1v) is 8.82. The lowest BCUT2D eigenvalue weighted by Gasteiger charge is -2.20. The highest BCUT2D eigenvalue weighted by Crippen LogP contribution is 2.20. The molecule has 0 bridgehead atoms. The number of hydrogen-bond donors (Lipinski definition) is 0. The second-order valence-corrected chi connectivity index (χ2v) is 7.89. The second-order valence-electron chi connectivity index (χ2n) is 5.85. The third kappa shape index (κ3) is 3.56. The fourth-order valence-corrected chi connectivity index (χ4v) is 3.49. The van der Waals surface area contributed by atoms with Crippen molar-refractivity contribution >= 4 is 10.0 Å². The molecule has 2 rings (SSSR count). The van der Waals surface area contributed by atoms with E-state index in [9.17, 15) is 8.42 Å². The highest BCUT2D eigenvalue weighted by atomic mass is 32.2. The van der Waals surface area contributed by atoms with Crippen LogP contribution in [0.4, 0.5) is 0 Å². The van der Waals surface area contributed by atoms with Crippen LogP contribution in [0.5, 0.6) is 0 Å². The maximum absolute atomic E-state index is 12.6. The molecule has 0 spiro atoms. The van der Waals surface area contributed by atoms with E-state index in [0.29, 0.717) is 6.54 Å². The third-order valence-electron chi connectivity index (χ3n) is 3.71. The lowest BCUT2D eigenvalue weighted by Crippen LogP contribution is -2.30. The number of nitrogens with zero attached hydrogens (tertiary/aromatic N) is 3. The number of likely N-dealkylation sites (N-methyl/N-ethyl adjacent to an activating group) is 1. The SMILES string of the molecule is CC(CN(C)S(=O)(=O)c1cnn(C(C)C)c1)c1ccccc1. The van der Waals surface area contributed by atoms with Crippen LogP contribution in [0.15, 0.2) is 47.6 Å². The van der Waals surface area contributed by atoms with Crippen molar-refractivity contribution in [2.24, 2.45) is 0 Å². The summed E-state index contributed by atoms with van der Waals surface area (Å²) in [4.78, 5) is 0.240. The van der Waals surface area contributed by atoms with E-state index in [1.807, 2.05) is 51.1 Å². The molecule has 0 aliphatic heterocycles. The Morgan fingerprint density at radius 1 is 1.18 bits per heavy atom. The van der Waals surface area contributed by atoms with Crippen LogP contribution in [0, 0.1) is 0 Å². The normalized spacial score (nSPS) is 13.7. The summed E-state index contributed by atoms with van der Waals surface area (Å²) in [7, 11) is -1.89. The number of benzene rings is 1. The van der Waals surface area contributed by atoms with Gasteiger partial charge in [0, 0.05) is 25.8 Å². The monoisotopic (exact) mass is 321 g/mol. The van der Waals surface area contributed by atoms with Crippen molar-refractivity contribution in [2.75, 3.05) is 13.6 Å². The van der Waals surface area contributed by atoms with Gasteiger partial charge in [-0.2, -0.15) is 5.10 Å². The van der Waals surface area contributed by atoms with Crippen LogP contribution < -0.4 is 0 Å². The quantitative estimate of drug-likeness (QED) is 0.822. The lowest BCUT2D eigenvalue weighted by molar-refractivity contribution is 0.446. The van der Waals surface area contributed by atoms with Crippen molar-refractivity contribution in [3.05, 3.63) is 48.3 Å². The summed E-state index contributed by atoms with van der Waals surface area (Å²) < 4.78 is 28.3. The van der Waals surface area contributed by atoms with E-state index in [2.05, 4.69) is 5.10 Å². The Kier molecular flexibility index (Phi) is 5.03. The maximum atomic E-state index is 12.6. The first-order chi connectivity index (χ1) is 10.3. The molecule has 0 radical (unpaired) electrons. The molecule has 0 fully saturated rings. The second kappa shape index (κ2) is 6.62. The van der Waals surface area contributed by atoms with Crippen LogP contribution in [0.3, 0.4) is 0 Å². The maximum Gasteiger partial charge on any atom is 0.245 e. The molecule has 0 saturated carbocycles. The molecule has 1 aromatic heterocycles. The van der Waals surface area contributed by atoms with Gasteiger partial charge in [0.15, 0.2) is 0 Å². The summed E-state index contributed by atoms with van der Waals surface area (Å²) in [6.07, 6.45) is 3.00. The van der Waals surface area contributed by atoms with Crippen molar-refractivity contribution in [1.82, 2.24) is 14.1 Å². The molecule has 5 nitrogen and oxygen atoms in total.